The molecule has 3 N–H and O–H groups in total. The largest absolute Gasteiger partial charge is 0.445 e. The molecule has 0 saturated carbocycles. The summed E-state index contributed by atoms with van der Waals surface area (Å²) >= 11 is 1.56. The number of ether oxygens (including phenoxy) is 2. The number of hydrogen-bond donors (Lipinski definition) is 3. The predicted octanol–water partition coefficient (Wildman–Crippen LogP) is 3.97. The third-order valence-corrected chi connectivity index (χ3v) is 8.97. The Kier molecular flexibility index (Phi) is 8.83. The van der Waals surface area contributed by atoms with Gasteiger partial charge in [-0.25, -0.2) is 14.8 Å². The molecule has 45 heavy (non-hydrogen) atoms. The number of rotatable bonds is 8. The highest BCUT2D eigenvalue weighted by Gasteiger charge is 2.26. The van der Waals surface area contributed by atoms with E-state index in [2.05, 4.69) is 72.0 Å². The maximum absolute atomic E-state index is 12.3. The molecule has 2 aromatic carbocycles. The number of carbonyl (C=O) groups is 1. The van der Waals surface area contributed by atoms with E-state index in [9.17, 15) is 4.79 Å². The van der Waals surface area contributed by atoms with E-state index in [0.717, 1.165) is 76.9 Å². The fourth-order valence-corrected chi connectivity index (χ4v) is 6.50. The number of benzene rings is 2. The highest BCUT2D eigenvalue weighted by Crippen LogP contribution is 2.31. The SMILES string of the molecule is O=C(NCCN1CCOCC1)O[C@H]1CN[C@H](C#Cc2cc3ncnc(Nc4ccc5c(cnn5Cc5ccccc5)c4)c3s2)C1. The number of morpholine rings is 1. The van der Waals surface area contributed by atoms with Gasteiger partial charge in [0.2, 0.25) is 0 Å². The normalized spacial score (nSPS) is 18.5. The average molecular weight is 623 g/mol. The lowest BCUT2D eigenvalue weighted by molar-refractivity contribution is 0.0379. The Morgan fingerprint density at radius 1 is 1.13 bits per heavy atom. The monoisotopic (exact) mass is 622 g/mol. The smallest absolute Gasteiger partial charge is 0.407 e. The molecule has 2 aliphatic heterocycles. The number of nitrogens with one attached hydrogen (secondary N) is 3. The minimum atomic E-state index is -0.382. The highest BCUT2D eigenvalue weighted by atomic mass is 32.1. The van der Waals surface area contributed by atoms with Crippen molar-refractivity contribution in [2.24, 2.45) is 0 Å². The number of hydrogen-bond acceptors (Lipinski definition) is 10. The van der Waals surface area contributed by atoms with Crippen molar-refractivity contribution >= 4 is 50.1 Å². The van der Waals surface area contributed by atoms with E-state index in [1.807, 2.05) is 41.2 Å². The topological polar surface area (TPSA) is 118 Å². The van der Waals surface area contributed by atoms with Gasteiger partial charge in [-0.2, -0.15) is 5.10 Å². The van der Waals surface area contributed by atoms with Gasteiger partial charge in [0.25, 0.3) is 0 Å². The Hall–Kier alpha value is -4.54. The van der Waals surface area contributed by atoms with Crippen LogP contribution in [0, 0.1) is 11.8 Å². The predicted molar refractivity (Wildman–Crippen MR) is 175 cm³/mol. The summed E-state index contributed by atoms with van der Waals surface area (Å²) in [6.45, 7) is 5.93. The number of alkyl carbamates (subject to hydrolysis) is 1. The summed E-state index contributed by atoms with van der Waals surface area (Å²) in [6.07, 6.45) is 3.51. The molecule has 2 atom stereocenters. The van der Waals surface area contributed by atoms with Gasteiger partial charge in [-0.1, -0.05) is 42.2 Å². The first-order valence-electron chi connectivity index (χ1n) is 15.2. The molecule has 11 nitrogen and oxygen atoms in total. The van der Waals surface area contributed by atoms with E-state index in [-0.39, 0.29) is 18.2 Å². The van der Waals surface area contributed by atoms with Crippen molar-refractivity contribution in [1.82, 2.24) is 35.3 Å². The van der Waals surface area contributed by atoms with Crippen LogP contribution in [0.25, 0.3) is 21.1 Å². The van der Waals surface area contributed by atoms with E-state index in [0.29, 0.717) is 19.5 Å². The first-order valence-corrected chi connectivity index (χ1v) is 16.0. The third-order valence-electron chi connectivity index (χ3n) is 7.93. The van der Waals surface area contributed by atoms with Crippen molar-refractivity contribution in [3.05, 3.63) is 77.6 Å². The van der Waals surface area contributed by atoms with E-state index < -0.39 is 0 Å². The molecule has 2 fully saturated rings. The van der Waals surface area contributed by atoms with Crippen molar-refractivity contribution in [3.8, 4) is 11.8 Å². The van der Waals surface area contributed by atoms with E-state index in [1.165, 1.54) is 5.56 Å². The summed E-state index contributed by atoms with van der Waals surface area (Å²) in [6, 6.07) is 18.5. The fourth-order valence-electron chi connectivity index (χ4n) is 5.58. The minimum Gasteiger partial charge on any atom is -0.445 e. The zero-order valence-electron chi connectivity index (χ0n) is 24.7. The molecule has 5 heterocycles. The molecule has 2 aliphatic rings. The number of amides is 1. The molecule has 0 aliphatic carbocycles. The highest BCUT2D eigenvalue weighted by molar-refractivity contribution is 7.20. The fraction of sp³-hybridized carbons (Fsp3) is 0.333. The van der Waals surface area contributed by atoms with Crippen LogP contribution in [0.1, 0.15) is 16.9 Å². The average Bonchev–Trinajstić information content (AvgIpc) is 3.80. The van der Waals surface area contributed by atoms with Crippen LogP contribution in [0.4, 0.5) is 16.3 Å². The van der Waals surface area contributed by atoms with Crippen molar-refractivity contribution in [2.45, 2.75) is 25.1 Å². The molecule has 3 aromatic heterocycles. The van der Waals surface area contributed by atoms with E-state index in [4.69, 9.17) is 9.47 Å². The zero-order chi connectivity index (χ0) is 30.4. The molecular weight excluding hydrogens is 588 g/mol. The zero-order valence-corrected chi connectivity index (χ0v) is 25.6. The Morgan fingerprint density at radius 3 is 2.91 bits per heavy atom. The molecule has 230 valence electrons. The maximum atomic E-state index is 12.3. The van der Waals surface area contributed by atoms with Crippen LogP contribution in [-0.4, -0.2) is 88.8 Å². The van der Waals surface area contributed by atoms with Gasteiger partial charge in [-0.05, 0) is 29.8 Å². The van der Waals surface area contributed by atoms with Gasteiger partial charge in [0.05, 0.1) is 52.6 Å². The van der Waals surface area contributed by atoms with Crippen LogP contribution >= 0.6 is 11.3 Å². The van der Waals surface area contributed by atoms with Crippen molar-refractivity contribution < 1.29 is 14.3 Å². The van der Waals surface area contributed by atoms with Crippen molar-refractivity contribution in [1.29, 1.82) is 0 Å². The quantitative estimate of drug-likeness (QED) is 0.221. The molecule has 0 spiro atoms. The summed E-state index contributed by atoms with van der Waals surface area (Å²) in [5.74, 6) is 7.32. The van der Waals surface area contributed by atoms with Gasteiger partial charge < -0.3 is 20.1 Å². The summed E-state index contributed by atoms with van der Waals surface area (Å²) in [5, 5.41) is 15.3. The Labute approximate surface area is 264 Å². The lowest BCUT2D eigenvalue weighted by atomic mass is 10.2. The van der Waals surface area contributed by atoms with Crippen LogP contribution in [0.15, 0.2) is 67.1 Å². The van der Waals surface area contributed by atoms with Crippen LogP contribution < -0.4 is 16.0 Å². The van der Waals surface area contributed by atoms with Gasteiger partial charge in [0.15, 0.2) is 5.82 Å². The van der Waals surface area contributed by atoms with Crippen LogP contribution in [0.2, 0.25) is 0 Å². The van der Waals surface area contributed by atoms with E-state index >= 15 is 0 Å². The standard InChI is InChI=1S/C33H34N8O3S/c42-33(34-10-11-40-12-14-43-15-13-40)44-27-17-25(35-20-27)6-8-28-18-29-31(45-28)32(37-22-36-29)39-26-7-9-30-24(16-26)19-38-41(30)21-23-4-2-1-3-5-23/h1-5,7,9,16,18-19,22,25,27,35H,10-15,17,20-21H2,(H,34,42)(H,36,37,39)/t25-,27-/m1/s1. The summed E-state index contributed by atoms with van der Waals surface area (Å²) in [4.78, 5) is 24.4. The number of thiophene rings is 1. The van der Waals surface area contributed by atoms with Gasteiger partial charge in [-0.15, -0.1) is 11.3 Å². The second-order valence-electron chi connectivity index (χ2n) is 11.1. The van der Waals surface area contributed by atoms with Crippen molar-refractivity contribution in [3.63, 3.8) is 0 Å². The van der Waals surface area contributed by atoms with Crippen LogP contribution in [-0.2, 0) is 16.0 Å². The molecule has 2 saturated heterocycles. The Bertz CT molecular complexity index is 1840. The maximum Gasteiger partial charge on any atom is 0.407 e. The van der Waals surface area contributed by atoms with Gasteiger partial charge in [-0.3, -0.25) is 14.9 Å². The number of nitrogens with zero attached hydrogens (tertiary/aromatic N) is 5. The number of anilines is 2. The van der Waals surface area contributed by atoms with Gasteiger partial charge in [0.1, 0.15) is 12.4 Å². The first kappa shape index (κ1) is 29.2. The molecule has 5 aromatic rings. The summed E-state index contributed by atoms with van der Waals surface area (Å²) in [5.41, 5.74) is 4.05. The van der Waals surface area contributed by atoms with E-state index in [1.54, 1.807) is 17.7 Å². The molecule has 0 unspecified atom stereocenters. The van der Waals surface area contributed by atoms with Gasteiger partial charge >= 0.3 is 6.09 Å². The van der Waals surface area contributed by atoms with Gasteiger partial charge in [0, 0.05) is 50.2 Å². The molecule has 1 amide bonds. The number of aromatic nitrogens is 4. The number of carbonyl (C=O) groups excluding carboxylic acids is 1. The Balaban J connectivity index is 0.950. The van der Waals surface area contributed by atoms with Crippen LogP contribution in [0.5, 0.6) is 0 Å². The third kappa shape index (κ3) is 7.24. The summed E-state index contributed by atoms with van der Waals surface area (Å²) < 4.78 is 13.9. The molecule has 7 rings (SSSR count). The van der Waals surface area contributed by atoms with Crippen LogP contribution in [0.3, 0.4) is 0 Å². The first-order chi connectivity index (χ1) is 22.2. The van der Waals surface area contributed by atoms with Crippen molar-refractivity contribution in [2.75, 3.05) is 51.3 Å². The second-order valence-corrected chi connectivity index (χ2v) is 12.2. The second kappa shape index (κ2) is 13.6. The molecular formula is C33H34N8O3S. The lowest BCUT2D eigenvalue weighted by Crippen LogP contribution is -2.42. The summed E-state index contributed by atoms with van der Waals surface area (Å²) in [7, 11) is 0. The molecule has 12 heteroatoms. The molecule has 0 radical (unpaired) electrons. The lowest BCUT2D eigenvalue weighted by Gasteiger charge is -2.26. The minimum absolute atomic E-state index is 0.0559. The Morgan fingerprint density at radius 2 is 2.02 bits per heavy atom. The number of fused-ring (bicyclic) bond motifs is 2. The molecule has 0 bridgehead atoms.